The molecule has 0 bridgehead atoms. The van der Waals surface area contributed by atoms with Gasteiger partial charge < -0.3 is 44.1 Å². The molecule has 4 rings (SSSR count). The second kappa shape index (κ2) is 12.7. The van der Waals surface area contributed by atoms with Crippen molar-refractivity contribution in [3.05, 3.63) is 53.1 Å². The number of β-amino-alcohol motifs (C(OH)–C–C–N with tert-alkyl or cyclic N) is 1. The van der Waals surface area contributed by atoms with Gasteiger partial charge in [0.1, 0.15) is 18.5 Å². The van der Waals surface area contributed by atoms with E-state index in [0.29, 0.717) is 25.9 Å². The molecule has 2 aromatic rings. The minimum atomic E-state index is -0.499. The average Bonchev–Trinajstić information content (AvgIpc) is 3.21. The topological polar surface area (TPSA) is 54.4 Å². The van der Waals surface area contributed by atoms with Crippen molar-refractivity contribution in [3.63, 3.8) is 0 Å². The number of aryl methyl sites for hydroxylation is 1. The van der Waals surface area contributed by atoms with E-state index in [-0.39, 0.29) is 24.8 Å². The van der Waals surface area contributed by atoms with Crippen LogP contribution in [0, 0.1) is 6.92 Å². The lowest BCUT2D eigenvalue weighted by atomic mass is 10.0. The highest BCUT2D eigenvalue weighted by molar-refractivity contribution is 5.44. The molecule has 1 fully saturated rings. The quantitative estimate of drug-likeness (QED) is 0.433. The van der Waals surface area contributed by atoms with Crippen LogP contribution in [-0.4, -0.2) is 67.1 Å². The first kappa shape index (κ1) is 27.5. The van der Waals surface area contributed by atoms with Gasteiger partial charge in [0.25, 0.3) is 0 Å². The van der Waals surface area contributed by atoms with Gasteiger partial charge in [0.05, 0.1) is 0 Å². The van der Waals surface area contributed by atoms with E-state index in [9.17, 15) is 5.11 Å². The lowest BCUT2D eigenvalue weighted by Crippen LogP contribution is -3.00. The zero-order valence-electron chi connectivity index (χ0n) is 19.6. The third-order valence-electron chi connectivity index (χ3n) is 6.00. The van der Waals surface area contributed by atoms with Crippen LogP contribution >= 0.6 is 0 Å². The first-order valence-electron chi connectivity index (χ1n) is 11.2. The summed E-state index contributed by atoms with van der Waals surface area (Å²) in [6.07, 6.45) is -0.499. The molecule has 0 spiro atoms. The van der Waals surface area contributed by atoms with E-state index in [1.807, 2.05) is 6.07 Å². The fourth-order valence-electron chi connectivity index (χ4n) is 4.21. The molecule has 0 aromatic heterocycles. The van der Waals surface area contributed by atoms with Gasteiger partial charge >= 0.3 is 0 Å². The molecule has 1 N–H and O–H groups in total. The minimum absolute atomic E-state index is 0. The molecule has 184 valence electrons. The Balaban J connectivity index is 0.00000193. The number of nitrogens with zero attached hydrogens (tertiary/aromatic N) is 2. The Hall–Kier alpha value is -1.70. The van der Waals surface area contributed by atoms with Crippen LogP contribution in [0.15, 0.2) is 36.4 Å². The molecule has 6 nitrogen and oxygen atoms in total. The zero-order chi connectivity index (χ0) is 21.8. The van der Waals surface area contributed by atoms with E-state index in [1.165, 1.54) is 16.7 Å². The van der Waals surface area contributed by atoms with Gasteiger partial charge in [-0.3, -0.25) is 9.80 Å². The van der Waals surface area contributed by atoms with E-state index >= 15 is 0 Å². The molecule has 0 radical (unpaired) electrons. The van der Waals surface area contributed by atoms with Crippen molar-refractivity contribution >= 4 is 0 Å². The number of hydrogen-bond acceptors (Lipinski definition) is 6. The molecule has 2 aromatic carbocycles. The summed E-state index contributed by atoms with van der Waals surface area (Å²) in [5.41, 5.74) is 3.60. The minimum Gasteiger partial charge on any atom is -1.00 e. The maximum absolute atomic E-state index is 10.5. The molecule has 8 heteroatoms. The maximum Gasteiger partial charge on any atom is 0.231 e. The molecule has 2 aliphatic heterocycles. The molecule has 1 saturated heterocycles. The Morgan fingerprint density at radius 3 is 2.36 bits per heavy atom. The van der Waals surface area contributed by atoms with Crippen LogP contribution in [0.1, 0.15) is 36.5 Å². The Kier molecular flexibility index (Phi) is 10.6. The van der Waals surface area contributed by atoms with Crippen molar-refractivity contribution in [2.75, 3.05) is 46.1 Å². The van der Waals surface area contributed by atoms with Gasteiger partial charge in [-0.15, -0.1) is 0 Å². The van der Waals surface area contributed by atoms with Crippen molar-refractivity contribution in [2.24, 2.45) is 0 Å². The maximum atomic E-state index is 10.5. The monoisotopic (exact) mass is 496 g/mol. The first-order valence-corrected chi connectivity index (χ1v) is 11.2. The number of rotatable bonds is 8. The van der Waals surface area contributed by atoms with Gasteiger partial charge in [-0.1, -0.05) is 32.0 Å². The SMILES string of the molecule is Cc1ccc(C(C)C)c(OCC(O)CN2CCN(Cc3ccc4c(c3)OCO4)CC2)c1.[Cl-].[Cl-]. The fourth-order valence-corrected chi connectivity index (χ4v) is 4.21. The molecule has 0 aliphatic carbocycles. The normalized spacial score (nSPS) is 16.8. The number of aliphatic hydroxyl groups excluding tert-OH is 1. The van der Waals surface area contributed by atoms with Crippen molar-refractivity contribution in [3.8, 4) is 17.2 Å². The Morgan fingerprint density at radius 2 is 1.64 bits per heavy atom. The van der Waals surface area contributed by atoms with Gasteiger partial charge in [-0.05, 0) is 47.7 Å². The molecule has 2 aliphatic rings. The van der Waals surface area contributed by atoms with Crippen LogP contribution < -0.4 is 39.0 Å². The summed E-state index contributed by atoms with van der Waals surface area (Å²) in [7, 11) is 0. The predicted molar refractivity (Wildman–Crippen MR) is 121 cm³/mol. The first-order chi connectivity index (χ1) is 15.0. The fraction of sp³-hybridized carbons (Fsp3) is 0.520. The summed E-state index contributed by atoms with van der Waals surface area (Å²) in [5.74, 6) is 2.96. The number of aliphatic hydroxyl groups is 1. The third kappa shape index (κ3) is 7.39. The van der Waals surface area contributed by atoms with Crippen LogP contribution in [0.25, 0.3) is 0 Å². The van der Waals surface area contributed by atoms with E-state index in [4.69, 9.17) is 14.2 Å². The smallest absolute Gasteiger partial charge is 0.231 e. The summed E-state index contributed by atoms with van der Waals surface area (Å²) in [4.78, 5) is 4.77. The van der Waals surface area contributed by atoms with Crippen LogP contribution in [0.4, 0.5) is 0 Å². The van der Waals surface area contributed by atoms with Crippen LogP contribution in [0.2, 0.25) is 0 Å². The summed E-state index contributed by atoms with van der Waals surface area (Å²) < 4.78 is 16.9. The van der Waals surface area contributed by atoms with E-state index in [2.05, 4.69) is 60.9 Å². The number of halogens is 2. The average molecular weight is 497 g/mol. The summed E-state index contributed by atoms with van der Waals surface area (Å²) in [6, 6.07) is 12.5. The zero-order valence-corrected chi connectivity index (χ0v) is 21.1. The van der Waals surface area contributed by atoms with Crippen molar-refractivity contribution in [2.45, 2.75) is 39.3 Å². The molecule has 2 heterocycles. The molecule has 0 amide bonds. The molecule has 33 heavy (non-hydrogen) atoms. The second-order valence-corrected chi connectivity index (χ2v) is 8.93. The van der Waals surface area contributed by atoms with Crippen LogP contribution in [0.3, 0.4) is 0 Å². The number of ether oxygens (including phenoxy) is 3. The van der Waals surface area contributed by atoms with Gasteiger partial charge in [-0.25, -0.2) is 0 Å². The summed E-state index contributed by atoms with van der Waals surface area (Å²) in [5, 5.41) is 10.5. The van der Waals surface area contributed by atoms with Crippen molar-refractivity contribution in [1.29, 1.82) is 0 Å². The third-order valence-corrected chi connectivity index (χ3v) is 6.00. The summed E-state index contributed by atoms with van der Waals surface area (Å²) >= 11 is 0. The number of piperazine rings is 1. The lowest BCUT2D eigenvalue weighted by molar-refractivity contribution is -0.001000. The van der Waals surface area contributed by atoms with Gasteiger partial charge in [0.2, 0.25) is 6.79 Å². The predicted octanol–water partition coefficient (Wildman–Crippen LogP) is -2.59. The lowest BCUT2D eigenvalue weighted by Gasteiger charge is -2.35. The van der Waals surface area contributed by atoms with Gasteiger partial charge in [0.15, 0.2) is 11.5 Å². The van der Waals surface area contributed by atoms with Crippen LogP contribution in [0.5, 0.6) is 17.2 Å². The van der Waals surface area contributed by atoms with E-state index in [0.717, 1.165) is 50.0 Å². The standard InChI is InChI=1S/C25H34N2O4.2ClH/c1-18(2)22-6-4-19(3)12-24(22)29-16-21(28)15-27-10-8-26(9-11-27)14-20-5-7-23-25(13-20)31-17-30-23;;/h4-7,12-13,18,21,28H,8-11,14-17H2,1-3H3;2*1H/p-2. The van der Waals surface area contributed by atoms with Crippen LogP contribution in [-0.2, 0) is 6.54 Å². The van der Waals surface area contributed by atoms with Gasteiger partial charge in [-0.2, -0.15) is 0 Å². The Morgan fingerprint density at radius 1 is 0.939 bits per heavy atom. The molecule has 1 unspecified atom stereocenters. The molecule has 1 atom stereocenters. The van der Waals surface area contributed by atoms with E-state index in [1.54, 1.807) is 0 Å². The number of fused-ring (bicyclic) bond motifs is 1. The largest absolute Gasteiger partial charge is 1.00 e. The Labute approximate surface area is 209 Å². The second-order valence-electron chi connectivity index (χ2n) is 8.93. The highest BCUT2D eigenvalue weighted by atomic mass is 35.5. The van der Waals surface area contributed by atoms with Crippen molar-refractivity contribution < 1.29 is 44.1 Å². The Bertz CT molecular complexity index is 889. The number of benzene rings is 2. The highest BCUT2D eigenvalue weighted by Gasteiger charge is 2.21. The van der Waals surface area contributed by atoms with Gasteiger partial charge in [0, 0.05) is 39.3 Å². The molecular formula is C25H34Cl2N2O4-2. The van der Waals surface area contributed by atoms with Crippen molar-refractivity contribution in [1.82, 2.24) is 9.80 Å². The van der Waals surface area contributed by atoms with E-state index < -0.39 is 6.10 Å². The molecular weight excluding hydrogens is 463 g/mol. The summed E-state index contributed by atoms with van der Waals surface area (Å²) in [6.45, 7) is 12.4. The highest BCUT2D eigenvalue weighted by Crippen LogP contribution is 2.33. The number of hydrogen-bond donors (Lipinski definition) is 1. The molecule has 0 saturated carbocycles.